The quantitative estimate of drug-likeness (QED) is 0.610. The predicted molar refractivity (Wildman–Crippen MR) is 111 cm³/mol. The number of piperidine rings is 1. The first kappa shape index (κ1) is 20.3. The molecule has 0 saturated carbocycles. The summed E-state index contributed by atoms with van der Waals surface area (Å²) in [5.41, 5.74) is 2.37. The first-order chi connectivity index (χ1) is 14.7. The summed E-state index contributed by atoms with van der Waals surface area (Å²) in [4.78, 5) is 10.9. The molecule has 0 aromatic carbocycles. The summed E-state index contributed by atoms with van der Waals surface area (Å²) >= 11 is 0. The average Bonchev–Trinajstić information content (AvgIpc) is 3.14. The molecule has 5 rings (SSSR count). The number of nitrogens with zero attached hydrogens (tertiary/aromatic N) is 6. The van der Waals surface area contributed by atoms with Gasteiger partial charge in [-0.3, -0.25) is 4.98 Å². The van der Waals surface area contributed by atoms with Gasteiger partial charge < -0.3 is 4.90 Å². The number of imidazole rings is 1. The van der Waals surface area contributed by atoms with Crippen molar-refractivity contribution in [1.82, 2.24) is 23.9 Å². The van der Waals surface area contributed by atoms with Crippen LogP contribution in [0.25, 0.3) is 16.9 Å². The lowest BCUT2D eigenvalue weighted by Crippen LogP contribution is -2.64. The highest BCUT2D eigenvalue weighted by Crippen LogP contribution is 2.41. The van der Waals surface area contributed by atoms with Gasteiger partial charge in [-0.25, -0.2) is 31.0 Å². The Balaban J connectivity index is 1.42. The Morgan fingerprint density at radius 3 is 2.68 bits per heavy atom. The van der Waals surface area contributed by atoms with Crippen molar-refractivity contribution >= 4 is 21.4 Å². The van der Waals surface area contributed by atoms with Crippen molar-refractivity contribution in [3.05, 3.63) is 42.5 Å². The summed E-state index contributed by atoms with van der Waals surface area (Å²) in [6.45, 7) is 2.70. The largest absolute Gasteiger partial charge is 0.370 e. The molecule has 3 aromatic heterocycles. The maximum atomic E-state index is 13.1. The van der Waals surface area contributed by atoms with Crippen molar-refractivity contribution in [3.63, 3.8) is 0 Å². The minimum absolute atomic E-state index is 0.0334. The molecule has 1 spiro atoms. The second-order valence-corrected chi connectivity index (χ2v) is 10.4. The molecular weight excluding hydrogens is 426 g/mol. The second-order valence-electron chi connectivity index (χ2n) is 8.46. The van der Waals surface area contributed by atoms with E-state index in [2.05, 4.69) is 20.0 Å². The molecule has 5 heterocycles. The summed E-state index contributed by atoms with van der Waals surface area (Å²) in [5, 5.41) is 4.03. The fourth-order valence-corrected chi connectivity index (χ4v) is 5.58. The number of rotatable bonds is 4. The minimum atomic E-state index is -3.16. The maximum Gasteiger partial charge on any atom is 0.282 e. The Labute approximate surface area is 178 Å². The molecule has 3 aromatic rings. The lowest BCUT2D eigenvalue weighted by molar-refractivity contribution is 0.0542. The summed E-state index contributed by atoms with van der Waals surface area (Å²) in [6.07, 6.45) is 5.59. The molecule has 0 amide bonds. The first-order valence-electron chi connectivity index (χ1n) is 10.0. The maximum absolute atomic E-state index is 13.1. The highest BCUT2D eigenvalue weighted by Gasteiger charge is 2.48. The number of hydrogen-bond acceptors (Lipinski definition) is 6. The van der Waals surface area contributed by atoms with Crippen molar-refractivity contribution in [1.29, 1.82) is 0 Å². The van der Waals surface area contributed by atoms with Crippen LogP contribution in [0.5, 0.6) is 0 Å². The molecule has 0 radical (unpaired) electrons. The lowest BCUT2D eigenvalue weighted by Gasteiger charge is -2.53. The van der Waals surface area contributed by atoms with Crippen LogP contribution in [0.2, 0.25) is 0 Å². The SMILES string of the molecule is CS(=O)(=O)N1CC2(CCCN(c3cncc(-c4cnc5ccc(C(F)F)nn45)c3)C2)C1. The number of sulfonamides is 1. The standard InChI is InChI=1S/C20H22F2N6O2S/c1-31(29,30)27-12-20(13-27)5-2-6-26(11-20)15-7-14(8-23-9-15)17-10-24-18-4-3-16(19(21)22)25-28(17)18/h3-4,7-10,19H,2,5-6,11-13H2,1H3. The van der Waals surface area contributed by atoms with Crippen LogP contribution in [0, 0.1) is 5.41 Å². The van der Waals surface area contributed by atoms with E-state index in [1.165, 1.54) is 27.2 Å². The summed E-state index contributed by atoms with van der Waals surface area (Å²) in [7, 11) is -3.16. The highest BCUT2D eigenvalue weighted by molar-refractivity contribution is 7.88. The third-order valence-electron chi connectivity index (χ3n) is 6.15. The predicted octanol–water partition coefficient (Wildman–Crippen LogP) is 2.59. The monoisotopic (exact) mass is 448 g/mol. The third kappa shape index (κ3) is 3.65. The van der Waals surface area contributed by atoms with Crippen LogP contribution >= 0.6 is 0 Å². The normalized spacial score (nSPS) is 19.3. The zero-order valence-electron chi connectivity index (χ0n) is 16.9. The molecule has 2 aliphatic rings. The fourth-order valence-electron chi connectivity index (χ4n) is 4.56. The van der Waals surface area contributed by atoms with Gasteiger partial charge in [0.1, 0.15) is 5.69 Å². The molecule has 0 aliphatic carbocycles. The van der Waals surface area contributed by atoms with Gasteiger partial charge in [-0.05, 0) is 31.0 Å². The Bertz CT molecular complexity index is 1240. The van der Waals surface area contributed by atoms with Gasteiger partial charge in [-0.15, -0.1) is 0 Å². The van der Waals surface area contributed by atoms with Crippen molar-refractivity contribution in [2.45, 2.75) is 19.3 Å². The van der Waals surface area contributed by atoms with Gasteiger partial charge in [-0.1, -0.05) is 0 Å². The Kier molecular flexibility index (Phi) is 4.70. The second kappa shape index (κ2) is 7.20. The number of anilines is 1. The van der Waals surface area contributed by atoms with Gasteiger partial charge >= 0.3 is 0 Å². The van der Waals surface area contributed by atoms with E-state index in [0.717, 1.165) is 37.2 Å². The third-order valence-corrected chi connectivity index (χ3v) is 7.34. The van der Waals surface area contributed by atoms with Gasteiger partial charge in [-0.2, -0.15) is 5.10 Å². The van der Waals surface area contributed by atoms with E-state index in [1.807, 2.05) is 6.07 Å². The number of halogens is 2. The molecule has 8 nitrogen and oxygen atoms in total. The number of alkyl halides is 2. The van der Waals surface area contributed by atoms with Gasteiger partial charge in [0.05, 0.1) is 30.0 Å². The van der Waals surface area contributed by atoms with Crippen LogP contribution in [-0.2, 0) is 10.0 Å². The molecule has 0 N–H and O–H groups in total. The van der Waals surface area contributed by atoms with Gasteiger partial charge in [0, 0.05) is 43.4 Å². The van der Waals surface area contributed by atoms with E-state index in [4.69, 9.17) is 0 Å². The lowest BCUT2D eigenvalue weighted by atomic mass is 9.75. The van der Waals surface area contributed by atoms with Gasteiger partial charge in [0.15, 0.2) is 5.65 Å². The van der Waals surface area contributed by atoms with E-state index in [-0.39, 0.29) is 11.1 Å². The van der Waals surface area contributed by atoms with Crippen LogP contribution < -0.4 is 4.90 Å². The van der Waals surface area contributed by atoms with Crippen molar-refractivity contribution in [2.24, 2.45) is 5.41 Å². The van der Waals surface area contributed by atoms with Gasteiger partial charge in [0.25, 0.3) is 6.43 Å². The Morgan fingerprint density at radius 2 is 1.94 bits per heavy atom. The van der Waals surface area contributed by atoms with Crippen LogP contribution in [0.1, 0.15) is 25.0 Å². The van der Waals surface area contributed by atoms with Crippen molar-refractivity contribution in [2.75, 3.05) is 37.3 Å². The minimum Gasteiger partial charge on any atom is -0.370 e. The number of aromatic nitrogens is 4. The highest BCUT2D eigenvalue weighted by atomic mass is 32.2. The molecule has 0 unspecified atom stereocenters. The molecule has 0 atom stereocenters. The van der Waals surface area contributed by atoms with E-state index < -0.39 is 16.4 Å². The van der Waals surface area contributed by atoms with E-state index in [0.29, 0.717) is 24.4 Å². The van der Waals surface area contributed by atoms with Gasteiger partial charge in [0.2, 0.25) is 10.0 Å². The zero-order chi connectivity index (χ0) is 21.8. The molecule has 2 aliphatic heterocycles. The van der Waals surface area contributed by atoms with E-state index in [1.54, 1.807) is 18.6 Å². The number of fused-ring (bicyclic) bond motifs is 1. The average molecular weight is 448 g/mol. The zero-order valence-corrected chi connectivity index (χ0v) is 17.8. The number of pyridine rings is 1. The van der Waals surface area contributed by atoms with E-state index >= 15 is 0 Å². The molecule has 2 saturated heterocycles. The molecule has 2 fully saturated rings. The fraction of sp³-hybridized carbons (Fsp3) is 0.450. The van der Waals surface area contributed by atoms with E-state index in [9.17, 15) is 17.2 Å². The summed E-state index contributed by atoms with van der Waals surface area (Å²) in [6, 6.07) is 4.75. The summed E-state index contributed by atoms with van der Waals surface area (Å²) in [5.74, 6) is 0. The molecule has 0 bridgehead atoms. The number of hydrogen-bond donors (Lipinski definition) is 0. The first-order valence-corrected chi connectivity index (χ1v) is 11.9. The van der Waals surface area contributed by atoms with Crippen LogP contribution in [0.3, 0.4) is 0 Å². The molecule has 11 heteroatoms. The van der Waals surface area contributed by atoms with Crippen LogP contribution in [0.4, 0.5) is 14.5 Å². The topological polar surface area (TPSA) is 83.7 Å². The van der Waals surface area contributed by atoms with Crippen LogP contribution in [0.15, 0.2) is 36.8 Å². The molecule has 164 valence electrons. The van der Waals surface area contributed by atoms with Crippen molar-refractivity contribution < 1.29 is 17.2 Å². The van der Waals surface area contributed by atoms with Crippen molar-refractivity contribution in [3.8, 4) is 11.3 Å². The molecule has 31 heavy (non-hydrogen) atoms. The van der Waals surface area contributed by atoms with Crippen LogP contribution in [-0.4, -0.2) is 64.7 Å². The summed E-state index contributed by atoms with van der Waals surface area (Å²) < 4.78 is 52.7. The smallest absolute Gasteiger partial charge is 0.282 e. The Hall–Kier alpha value is -2.66. The Morgan fingerprint density at radius 1 is 1.13 bits per heavy atom. The molecular formula is C20H22F2N6O2S.